The molecule has 0 unspecified atom stereocenters. The SMILES string of the molecule is C=C(Cl)CSc1ccccc1C. The van der Waals surface area contributed by atoms with Crippen LogP contribution in [0.5, 0.6) is 0 Å². The van der Waals surface area contributed by atoms with Crippen LogP contribution < -0.4 is 0 Å². The summed E-state index contributed by atoms with van der Waals surface area (Å²) < 4.78 is 0. The lowest BCUT2D eigenvalue weighted by Crippen LogP contribution is -1.80. The Morgan fingerprint density at radius 2 is 2.17 bits per heavy atom. The minimum Gasteiger partial charge on any atom is -0.120 e. The Morgan fingerprint density at radius 1 is 1.50 bits per heavy atom. The monoisotopic (exact) mass is 198 g/mol. The van der Waals surface area contributed by atoms with Gasteiger partial charge in [-0.15, -0.1) is 11.8 Å². The van der Waals surface area contributed by atoms with Crippen LogP contribution in [0.3, 0.4) is 0 Å². The van der Waals surface area contributed by atoms with Gasteiger partial charge < -0.3 is 0 Å². The first-order valence-electron chi connectivity index (χ1n) is 3.72. The molecule has 0 spiro atoms. The molecular weight excluding hydrogens is 188 g/mol. The highest BCUT2D eigenvalue weighted by Gasteiger charge is 1.97. The average molecular weight is 199 g/mol. The fourth-order valence-electron chi connectivity index (χ4n) is 0.874. The van der Waals surface area contributed by atoms with Gasteiger partial charge in [0.25, 0.3) is 0 Å². The van der Waals surface area contributed by atoms with Crippen LogP contribution in [0.2, 0.25) is 0 Å². The van der Waals surface area contributed by atoms with E-state index in [-0.39, 0.29) is 0 Å². The predicted molar refractivity (Wildman–Crippen MR) is 56.9 cm³/mol. The van der Waals surface area contributed by atoms with Crippen molar-refractivity contribution in [3.63, 3.8) is 0 Å². The van der Waals surface area contributed by atoms with Gasteiger partial charge in [0.2, 0.25) is 0 Å². The maximum absolute atomic E-state index is 5.66. The molecule has 0 saturated carbocycles. The zero-order valence-electron chi connectivity index (χ0n) is 7.01. The molecule has 64 valence electrons. The maximum Gasteiger partial charge on any atom is 0.0334 e. The van der Waals surface area contributed by atoms with Crippen LogP contribution in [0, 0.1) is 6.92 Å². The number of benzene rings is 1. The van der Waals surface area contributed by atoms with Crippen molar-refractivity contribution in [3.8, 4) is 0 Å². The Balaban J connectivity index is 2.63. The molecule has 0 aliphatic carbocycles. The van der Waals surface area contributed by atoms with Gasteiger partial charge in [-0.05, 0) is 18.6 Å². The quantitative estimate of drug-likeness (QED) is 0.666. The number of halogens is 1. The van der Waals surface area contributed by atoms with Crippen molar-refractivity contribution in [1.82, 2.24) is 0 Å². The summed E-state index contributed by atoms with van der Waals surface area (Å²) in [6, 6.07) is 8.26. The van der Waals surface area contributed by atoms with E-state index in [1.54, 1.807) is 11.8 Å². The van der Waals surface area contributed by atoms with E-state index in [9.17, 15) is 0 Å². The first-order valence-corrected chi connectivity index (χ1v) is 5.08. The lowest BCUT2D eigenvalue weighted by atomic mass is 10.2. The molecule has 1 rings (SSSR count). The van der Waals surface area contributed by atoms with Crippen LogP contribution >= 0.6 is 23.4 Å². The normalized spacial score (nSPS) is 9.83. The first-order chi connectivity index (χ1) is 5.70. The van der Waals surface area contributed by atoms with E-state index < -0.39 is 0 Å². The van der Waals surface area contributed by atoms with Gasteiger partial charge in [-0.3, -0.25) is 0 Å². The topological polar surface area (TPSA) is 0 Å². The molecule has 0 N–H and O–H groups in total. The van der Waals surface area contributed by atoms with Crippen LogP contribution in [-0.4, -0.2) is 5.75 Å². The molecule has 0 heterocycles. The van der Waals surface area contributed by atoms with Crippen molar-refractivity contribution in [2.75, 3.05) is 5.75 Å². The van der Waals surface area contributed by atoms with Crippen LogP contribution in [0.1, 0.15) is 5.56 Å². The Morgan fingerprint density at radius 3 is 2.75 bits per heavy atom. The molecule has 0 atom stereocenters. The van der Waals surface area contributed by atoms with Crippen molar-refractivity contribution in [1.29, 1.82) is 0 Å². The minimum absolute atomic E-state index is 0.697. The van der Waals surface area contributed by atoms with Gasteiger partial charge >= 0.3 is 0 Å². The Hall–Kier alpha value is -0.400. The van der Waals surface area contributed by atoms with E-state index in [1.165, 1.54) is 10.5 Å². The van der Waals surface area contributed by atoms with Crippen LogP contribution in [0.25, 0.3) is 0 Å². The number of rotatable bonds is 3. The summed E-state index contributed by atoms with van der Waals surface area (Å²) in [6.07, 6.45) is 0. The molecule has 0 aromatic heterocycles. The molecule has 0 radical (unpaired) electrons. The first kappa shape index (κ1) is 9.69. The Labute approximate surface area is 82.6 Å². The number of hydrogen-bond acceptors (Lipinski definition) is 1. The van der Waals surface area contributed by atoms with E-state index in [1.807, 2.05) is 12.1 Å². The van der Waals surface area contributed by atoms with E-state index in [2.05, 4.69) is 25.6 Å². The summed E-state index contributed by atoms with van der Waals surface area (Å²) in [5, 5.41) is 0.697. The highest BCUT2D eigenvalue weighted by Crippen LogP contribution is 2.24. The van der Waals surface area contributed by atoms with Gasteiger partial charge in [-0.2, -0.15) is 0 Å². The molecule has 0 fully saturated rings. The zero-order valence-corrected chi connectivity index (χ0v) is 8.58. The van der Waals surface area contributed by atoms with Gasteiger partial charge in [0.1, 0.15) is 0 Å². The number of thioether (sulfide) groups is 1. The summed E-state index contributed by atoms with van der Waals surface area (Å²) in [5.74, 6) is 0.784. The van der Waals surface area contributed by atoms with Crippen LogP contribution in [-0.2, 0) is 0 Å². The van der Waals surface area contributed by atoms with E-state index >= 15 is 0 Å². The standard InChI is InChI=1S/C10H11ClS/c1-8-5-3-4-6-10(8)12-7-9(2)11/h3-6H,2,7H2,1H3. The molecule has 0 nitrogen and oxygen atoms in total. The molecule has 0 aliphatic rings. The summed E-state index contributed by atoms with van der Waals surface area (Å²) in [7, 11) is 0. The molecule has 0 amide bonds. The molecule has 0 bridgehead atoms. The van der Waals surface area contributed by atoms with Gasteiger partial charge in [-0.1, -0.05) is 36.4 Å². The van der Waals surface area contributed by atoms with Crippen molar-refractivity contribution in [2.45, 2.75) is 11.8 Å². The van der Waals surface area contributed by atoms with Gasteiger partial charge in [0, 0.05) is 15.7 Å². The van der Waals surface area contributed by atoms with Crippen LogP contribution in [0.4, 0.5) is 0 Å². The predicted octanol–water partition coefficient (Wildman–Crippen LogP) is 3.84. The molecule has 0 saturated heterocycles. The second-order valence-electron chi connectivity index (χ2n) is 2.57. The molecule has 1 aromatic carbocycles. The molecule has 1 aromatic rings. The Bertz CT molecular complexity index is 281. The Kier molecular flexibility index (Phi) is 3.70. The van der Waals surface area contributed by atoms with Gasteiger partial charge in [0.05, 0.1) is 0 Å². The second kappa shape index (κ2) is 4.58. The number of aryl methyl sites for hydroxylation is 1. The highest BCUT2D eigenvalue weighted by molar-refractivity contribution is 7.99. The largest absolute Gasteiger partial charge is 0.120 e. The van der Waals surface area contributed by atoms with Gasteiger partial charge in [0.15, 0.2) is 0 Å². The van der Waals surface area contributed by atoms with Crippen LogP contribution in [0.15, 0.2) is 40.8 Å². The third kappa shape index (κ3) is 2.92. The van der Waals surface area contributed by atoms with Crippen molar-refractivity contribution in [2.24, 2.45) is 0 Å². The fourth-order valence-corrected chi connectivity index (χ4v) is 1.82. The minimum atomic E-state index is 0.697. The maximum atomic E-state index is 5.66. The van der Waals surface area contributed by atoms with Crippen molar-refractivity contribution < 1.29 is 0 Å². The number of hydrogen-bond donors (Lipinski definition) is 0. The van der Waals surface area contributed by atoms with E-state index in [0.29, 0.717) is 5.03 Å². The fraction of sp³-hybridized carbons (Fsp3) is 0.200. The summed E-state index contributed by atoms with van der Waals surface area (Å²) in [4.78, 5) is 1.28. The average Bonchev–Trinajstić information content (AvgIpc) is 2.03. The smallest absolute Gasteiger partial charge is 0.0334 e. The molecule has 12 heavy (non-hydrogen) atoms. The summed E-state index contributed by atoms with van der Waals surface area (Å²) >= 11 is 7.39. The summed E-state index contributed by atoms with van der Waals surface area (Å²) in [6.45, 7) is 5.74. The lowest BCUT2D eigenvalue weighted by molar-refractivity contribution is 1.30. The van der Waals surface area contributed by atoms with Crippen molar-refractivity contribution >= 4 is 23.4 Å². The zero-order chi connectivity index (χ0) is 8.97. The highest BCUT2D eigenvalue weighted by atomic mass is 35.5. The van der Waals surface area contributed by atoms with Crippen molar-refractivity contribution in [3.05, 3.63) is 41.4 Å². The third-order valence-electron chi connectivity index (χ3n) is 1.48. The lowest BCUT2D eigenvalue weighted by Gasteiger charge is -2.02. The summed E-state index contributed by atoms with van der Waals surface area (Å²) in [5.41, 5.74) is 1.29. The molecule has 2 heteroatoms. The third-order valence-corrected chi connectivity index (χ3v) is 3.03. The van der Waals surface area contributed by atoms with E-state index in [4.69, 9.17) is 11.6 Å². The second-order valence-corrected chi connectivity index (χ2v) is 4.12. The molecular formula is C10H11ClS. The van der Waals surface area contributed by atoms with Gasteiger partial charge in [-0.25, -0.2) is 0 Å². The molecule has 0 aliphatic heterocycles. The van der Waals surface area contributed by atoms with E-state index in [0.717, 1.165) is 5.75 Å².